The lowest BCUT2D eigenvalue weighted by molar-refractivity contribution is -0.147. The van der Waals surface area contributed by atoms with Crippen molar-refractivity contribution in [2.75, 3.05) is 40.9 Å². The van der Waals surface area contributed by atoms with Gasteiger partial charge in [0.05, 0.1) is 20.6 Å². The number of carboxylic acid groups (broad SMARTS) is 1. The quantitative estimate of drug-likeness (QED) is 0.849. The average Bonchev–Trinajstić information content (AvgIpc) is 2.54. The molecule has 1 aromatic rings. The van der Waals surface area contributed by atoms with Gasteiger partial charge in [0, 0.05) is 25.2 Å². The Labute approximate surface area is 135 Å². The van der Waals surface area contributed by atoms with Crippen molar-refractivity contribution in [1.82, 2.24) is 9.80 Å². The molecule has 0 radical (unpaired) electrons. The average molecular weight is 322 g/mol. The number of nitrogens with zero attached hydrogens (tertiary/aromatic N) is 2. The first kappa shape index (κ1) is 17.1. The van der Waals surface area contributed by atoms with Gasteiger partial charge < -0.3 is 19.5 Å². The van der Waals surface area contributed by atoms with Crippen LogP contribution in [-0.2, 0) is 16.0 Å². The second kappa shape index (κ2) is 7.32. The molecule has 0 saturated carbocycles. The molecule has 1 aromatic carbocycles. The second-order valence-electron chi connectivity index (χ2n) is 5.53. The van der Waals surface area contributed by atoms with E-state index in [0.29, 0.717) is 24.6 Å². The minimum atomic E-state index is -0.913. The van der Waals surface area contributed by atoms with Gasteiger partial charge in [0.15, 0.2) is 0 Å². The summed E-state index contributed by atoms with van der Waals surface area (Å²) < 4.78 is 10.5. The Morgan fingerprint density at radius 3 is 2.61 bits per heavy atom. The van der Waals surface area contributed by atoms with Crippen LogP contribution in [0.25, 0.3) is 0 Å². The van der Waals surface area contributed by atoms with Gasteiger partial charge in [0.25, 0.3) is 0 Å². The Bertz CT molecular complexity index is 590. The third-order valence-electron chi connectivity index (χ3n) is 4.12. The number of carbonyl (C=O) groups is 2. The number of carbonyl (C=O) groups excluding carboxylic acids is 1. The number of piperazine rings is 1. The number of hydrogen-bond acceptors (Lipinski definition) is 5. The Balaban J connectivity index is 2.11. The highest BCUT2D eigenvalue weighted by atomic mass is 16.5. The first-order chi connectivity index (χ1) is 11.0. The van der Waals surface area contributed by atoms with E-state index in [1.54, 1.807) is 49.3 Å². The number of aliphatic carboxylic acids is 1. The van der Waals surface area contributed by atoms with Gasteiger partial charge in [-0.25, -0.2) is 0 Å². The molecule has 126 valence electrons. The van der Waals surface area contributed by atoms with Gasteiger partial charge in [-0.05, 0) is 25.2 Å². The molecule has 1 aliphatic heterocycles. The van der Waals surface area contributed by atoms with E-state index in [9.17, 15) is 14.7 Å². The minimum absolute atomic E-state index is 0.115. The van der Waals surface area contributed by atoms with Crippen LogP contribution in [0.3, 0.4) is 0 Å². The molecule has 0 aromatic heterocycles. The van der Waals surface area contributed by atoms with Crippen LogP contribution in [0.1, 0.15) is 5.56 Å². The lowest BCUT2D eigenvalue weighted by Gasteiger charge is -2.37. The van der Waals surface area contributed by atoms with E-state index in [-0.39, 0.29) is 18.9 Å². The summed E-state index contributed by atoms with van der Waals surface area (Å²) >= 11 is 0. The van der Waals surface area contributed by atoms with Crippen molar-refractivity contribution in [3.05, 3.63) is 23.8 Å². The molecule has 0 bridgehead atoms. The highest BCUT2D eigenvalue weighted by molar-refractivity contribution is 5.81. The summed E-state index contributed by atoms with van der Waals surface area (Å²) in [6.45, 7) is 1.25. The number of likely N-dealkylation sites (N-methyl/N-ethyl adjacent to an activating group) is 1. The van der Waals surface area contributed by atoms with Crippen molar-refractivity contribution in [2.45, 2.75) is 12.5 Å². The number of ether oxygens (including phenoxy) is 2. The van der Waals surface area contributed by atoms with Crippen molar-refractivity contribution in [1.29, 1.82) is 0 Å². The summed E-state index contributed by atoms with van der Waals surface area (Å²) in [7, 11) is 4.86. The van der Waals surface area contributed by atoms with E-state index in [1.165, 1.54) is 0 Å². The summed E-state index contributed by atoms with van der Waals surface area (Å²) in [5.74, 6) is 0.235. The number of rotatable bonds is 5. The first-order valence-electron chi connectivity index (χ1n) is 7.38. The lowest BCUT2D eigenvalue weighted by Crippen LogP contribution is -2.56. The van der Waals surface area contributed by atoms with E-state index in [4.69, 9.17) is 9.47 Å². The predicted octanol–water partition coefficient (Wildman–Crippen LogP) is 0.474. The van der Waals surface area contributed by atoms with Gasteiger partial charge in [-0.3, -0.25) is 14.5 Å². The summed E-state index contributed by atoms with van der Waals surface area (Å²) in [5, 5.41) is 9.23. The molecule has 1 N–H and O–H groups in total. The van der Waals surface area contributed by atoms with Crippen LogP contribution in [0, 0.1) is 0 Å². The number of hydrogen-bond donors (Lipinski definition) is 1. The van der Waals surface area contributed by atoms with Crippen LogP contribution in [0.15, 0.2) is 18.2 Å². The zero-order valence-electron chi connectivity index (χ0n) is 13.6. The van der Waals surface area contributed by atoms with Gasteiger partial charge in [0.2, 0.25) is 5.91 Å². The van der Waals surface area contributed by atoms with Crippen LogP contribution < -0.4 is 9.47 Å². The summed E-state index contributed by atoms with van der Waals surface area (Å²) in [5.41, 5.74) is 0.725. The molecule has 1 fully saturated rings. The molecular formula is C16H22N2O5. The smallest absolute Gasteiger partial charge is 0.322 e. The van der Waals surface area contributed by atoms with Crippen LogP contribution in [0.4, 0.5) is 0 Å². The summed E-state index contributed by atoms with van der Waals surface area (Å²) in [6.07, 6.45) is 0.149. The Kier molecular flexibility index (Phi) is 5.44. The fourth-order valence-corrected chi connectivity index (χ4v) is 2.66. The molecule has 7 nitrogen and oxygen atoms in total. The molecule has 1 heterocycles. The van der Waals surface area contributed by atoms with Gasteiger partial charge in [0.1, 0.15) is 17.5 Å². The Morgan fingerprint density at radius 2 is 2.00 bits per heavy atom. The number of benzene rings is 1. The zero-order chi connectivity index (χ0) is 17.0. The Hall–Kier alpha value is -2.28. The predicted molar refractivity (Wildman–Crippen MR) is 83.9 cm³/mol. The first-order valence-corrected chi connectivity index (χ1v) is 7.38. The van der Waals surface area contributed by atoms with Crippen molar-refractivity contribution >= 4 is 11.9 Å². The van der Waals surface area contributed by atoms with Crippen molar-refractivity contribution in [3.63, 3.8) is 0 Å². The topological polar surface area (TPSA) is 79.3 Å². The molecule has 0 spiro atoms. The van der Waals surface area contributed by atoms with Crippen molar-refractivity contribution in [3.8, 4) is 11.5 Å². The van der Waals surface area contributed by atoms with E-state index < -0.39 is 12.0 Å². The fourth-order valence-electron chi connectivity index (χ4n) is 2.66. The van der Waals surface area contributed by atoms with Crippen LogP contribution in [0.2, 0.25) is 0 Å². The molecule has 23 heavy (non-hydrogen) atoms. The van der Waals surface area contributed by atoms with Crippen LogP contribution >= 0.6 is 0 Å². The molecule has 1 aliphatic rings. The standard InChI is InChI=1S/C16H22N2O5/c1-17-6-7-18(10-13(17)16(20)21)15(19)9-11-8-12(22-2)4-5-14(11)23-3/h4-5,8,13H,6-7,9-10H2,1-3H3,(H,20,21)/t13-/m1/s1. The number of methoxy groups -OCH3 is 2. The molecule has 1 atom stereocenters. The van der Waals surface area contributed by atoms with E-state index in [2.05, 4.69) is 0 Å². The fraction of sp³-hybridized carbons (Fsp3) is 0.500. The normalized spacial score (nSPS) is 18.6. The van der Waals surface area contributed by atoms with Crippen LogP contribution in [-0.4, -0.2) is 73.7 Å². The van der Waals surface area contributed by atoms with E-state index in [1.807, 2.05) is 0 Å². The lowest BCUT2D eigenvalue weighted by atomic mass is 10.1. The van der Waals surface area contributed by atoms with Gasteiger partial charge in [-0.15, -0.1) is 0 Å². The maximum Gasteiger partial charge on any atom is 0.322 e. The van der Waals surface area contributed by atoms with Gasteiger partial charge in [-0.2, -0.15) is 0 Å². The molecule has 0 aliphatic carbocycles. The highest BCUT2D eigenvalue weighted by Gasteiger charge is 2.32. The second-order valence-corrected chi connectivity index (χ2v) is 5.53. The van der Waals surface area contributed by atoms with Gasteiger partial charge >= 0.3 is 5.97 Å². The highest BCUT2D eigenvalue weighted by Crippen LogP contribution is 2.25. The molecule has 1 saturated heterocycles. The molecule has 0 unspecified atom stereocenters. The third-order valence-corrected chi connectivity index (χ3v) is 4.12. The molecule has 1 amide bonds. The van der Waals surface area contributed by atoms with Crippen LogP contribution in [0.5, 0.6) is 11.5 Å². The number of carboxylic acids is 1. The maximum absolute atomic E-state index is 12.5. The van der Waals surface area contributed by atoms with E-state index >= 15 is 0 Å². The molecule has 2 rings (SSSR count). The summed E-state index contributed by atoms with van der Waals surface area (Å²) in [6, 6.07) is 4.62. The monoisotopic (exact) mass is 322 g/mol. The van der Waals surface area contributed by atoms with E-state index in [0.717, 1.165) is 5.56 Å². The SMILES string of the molecule is COc1ccc(OC)c(CC(=O)N2CCN(C)[C@@H](C(=O)O)C2)c1. The number of amides is 1. The molecule has 7 heteroatoms. The largest absolute Gasteiger partial charge is 0.497 e. The minimum Gasteiger partial charge on any atom is -0.497 e. The summed E-state index contributed by atoms with van der Waals surface area (Å²) in [4.78, 5) is 27.1. The Morgan fingerprint density at radius 1 is 1.26 bits per heavy atom. The van der Waals surface area contributed by atoms with Crippen molar-refractivity contribution in [2.24, 2.45) is 0 Å². The van der Waals surface area contributed by atoms with Crippen molar-refractivity contribution < 1.29 is 24.2 Å². The zero-order valence-corrected chi connectivity index (χ0v) is 13.6. The van der Waals surface area contributed by atoms with Gasteiger partial charge in [-0.1, -0.05) is 0 Å². The third kappa shape index (κ3) is 3.92. The molecular weight excluding hydrogens is 300 g/mol. The maximum atomic E-state index is 12.5.